The topological polar surface area (TPSA) is 83.3 Å². The number of carbonyl (C=O) groups is 1. The second-order valence-corrected chi connectivity index (χ2v) is 6.89. The van der Waals surface area contributed by atoms with E-state index in [2.05, 4.69) is 15.5 Å². The second-order valence-electron chi connectivity index (χ2n) is 6.27. The van der Waals surface area contributed by atoms with Crippen molar-refractivity contribution in [1.29, 1.82) is 0 Å². The number of aliphatic hydroxyl groups is 1. The van der Waals surface area contributed by atoms with Crippen molar-refractivity contribution in [3.8, 4) is 0 Å². The smallest absolute Gasteiger partial charge is 0.251 e. The van der Waals surface area contributed by atoms with E-state index < -0.39 is 12.1 Å². The van der Waals surface area contributed by atoms with Crippen LogP contribution < -0.4 is 5.32 Å². The van der Waals surface area contributed by atoms with Crippen LogP contribution in [-0.4, -0.2) is 29.8 Å². The summed E-state index contributed by atoms with van der Waals surface area (Å²) in [6, 6.07) is 12.9. The van der Waals surface area contributed by atoms with Crippen LogP contribution in [0, 0.1) is 0 Å². The Morgan fingerprint density at radius 1 is 1.19 bits per heavy atom. The summed E-state index contributed by atoms with van der Waals surface area (Å²) in [5.74, 6) is -0.244. The van der Waals surface area contributed by atoms with E-state index in [9.17, 15) is 9.90 Å². The molecular formula is C19H20IN3O3. The van der Waals surface area contributed by atoms with Gasteiger partial charge in [0.05, 0.1) is 30.1 Å². The van der Waals surface area contributed by atoms with Crippen molar-refractivity contribution >= 4 is 40.3 Å². The van der Waals surface area contributed by atoms with Crippen molar-refractivity contribution in [3.63, 3.8) is 0 Å². The summed E-state index contributed by atoms with van der Waals surface area (Å²) in [4.78, 5) is 12.5. The average Bonchev–Trinajstić information content (AvgIpc) is 2.63. The van der Waals surface area contributed by atoms with E-state index in [-0.39, 0.29) is 12.5 Å². The molecule has 6 nitrogen and oxygen atoms in total. The number of aryl methyl sites for hydroxylation is 2. The van der Waals surface area contributed by atoms with Crippen LogP contribution in [0.3, 0.4) is 0 Å². The molecule has 7 heteroatoms. The number of halogens is 1. The Morgan fingerprint density at radius 3 is 2.62 bits per heavy atom. The molecule has 1 heterocycles. The number of nitrogens with zero attached hydrogens (tertiary/aromatic N) is 2. The molecule has 1 amide bonds. The monoisotopic (exact) mass is 465 g/mol. The van der Waals surface area contributed by atoms with E-state index in [1.807, 2.05) is 36.4 Å². The first-order chi connectivity index (χ1) is 12.6. The van der Waals surface area contributed by atoms with E-state index in [0.29, 0.717) is 5.56 Å². The number of rotatable bonds is 5. The number of hydrogen-bond donors (Lipinski definition) is 2. The Hall–Kier alpha value is -1.84. The van der Waals surface area contributed by atoms with Crippen LogP contribution in [0.4, 0.5) is 11.4 Å². The summed E-state index contributed by atoms with van der Waals surface area (Å²) in [6.45, 7) is 1.86. The largest absolute Gasteiger partial charge is 0.391 e. The second kappa shape index (κ2) is 8.70. The van der Waals surface area contributed by atoms with Gasteiger partial charge >= 0.3 is 0 Å². The Bertz CT molecular complexity index is 823. The standard InChI is InChI=1S/C19H20IN3O3/c1-12(24)18(11-26-20)21-19(25)15-8-9-17-14(10-15)7-6-13-4-2-3-5-16(13)22-23-17/h2-5,8-10,12,18,24H,6-7,11H2,1H3,(H,21,25)/b23-22-/t12-,18-/m0/s1. The van der Waals surface area contributed by atoms with Crippen LogP contribution in [0.15, 0.2) is 52.7 Å². The van der Waals surface area contributed by atoms with Gasteiger partial charge in [-0.2, -0.15) is 10.2 Å². The normalized spacial score (nSPS) is 16.4. The molecule has 1 aliphatic rings. The van der Waals surface area contributed by atoms with Crippen LogP contribution in [0.2, 0.25) is 0 Å². The van der Waals surface area contributed by atoms with Crippen LogP contribution in [0.5, 0.6) is 0 Å². The molecular weight excluding hydrogens is 445 g/mol. The van der Waals surface area contributed by atoms with Crippen LogP contribution in [0.25, 0.3) is 0 Å². The van der Waals surface area contributed by atoms with Gasteiger partial charge in [-0.3, -0.25) is 4.79 Å². The molecule has 2 aromatic rings. The van der Waals surface area contributed by atoms with Crippen molar-refractivity contribution < 1.29 is 13.0 Å². The maximum atomic E-state index is 12.5. The molecule has 136 valence electrons. The van der Waals surface area contributed by atoms with Gasteiger partial charge in [0, 0.05) is 5.56 Å². The van der Waals surface area contributed by atoms with Gasteiger partial charge in [0.2, 0.25) is 0 Å². The van der Waals surface area contributed by atoms with Crippen LogP contribution >= 0.6 is 23.0 Å². The third-order valence-corrected chi connectivity index (χ3v) is 4.76. The van der Waals surface area contributed by atoms with Gasteiger partial charge < -0.3 is 13.5 Å². The van der Waals surface area contributed by atoms with Gasteiger partial charge in [-0.1, -0.05) is 18.2 Å². The number of carbonyl (C=O) groups excluding carboxylic acids is 1. The van der Waals surface area contributed by atoms with Crippen LogP contribution in [0.1, 0.15) is 28.4 Å². The SMILES string of the molecule is C[C@H](O)[C@H](COI)NC(=O)c1ccc2c(c1)CCc1ccccc1/N=N\2. The average molecular weight is 465 g/mol. The lowest BCUT2D eigenvalue weighted by Gasteiger charge is -2.20. The fourth-order valence-electron chi connectivity index (χ4n) is 2.84. The van der Waals surface area contributed by atoms with E-state index in [1.165, 1.54) is 0 Å². The zero-order valence-corrected chi connectivity index (χ0v) is 16.5. The first-order valence-corrected chi connectivity index (χ1v) is 9.31. The van der Waals surface area contributed by atoms with Crippen molar-refractivity contribution in [1.82, 2.24) is 5.32 Å². The first-order valence-electron chi connectivity index (χ1n) is 8.43. The molecule has 0 fully saturated rings. The quantitative estimate of drug-likeness (QED) is 0.654. The van der Waals surface area contributed by atoms with E-state index >= 15 is 0 Å². The molecule has 2 N–H and O–H groups in total. The molecule has 0 spiro atoms. The molecule has 0 aliphatic carbocycles. The van der Waals surface area contributed by atoms with Gasteiger partial charge in [-0.05, 0) is 55.2 Å². The van der Waals surface area contributed by atoms with Gasteiger partial charge in [-0.25, -0.2) is 0 Å². The minimum absolute atomic E-state index is 0.236. The fourth-order valence-corrected chi connectivity index (χ4v) is 3.23. The number of amides is 1. The van der Waals surface area contributed by atoms with Gasteiger partial charge in [0.15, 0.2) is 0 Å². The molecule has 0 unspecified atom stereocenters. The maximum absolute atomic E-state index is 12.5. The summed E-state index contributed by atoms with van der Waals surface area (Å²) in [7, 11) is 0. The molecule has 1 aliphatic heterocycles. The first kappa shape index (κ1) is 18.9. The predicted octanol–water partition coefficient (Wildman–Crippen LogP) is 4.05. The Kier molecular flexibility index (Phi) is 6.33. The van der Waals surface area contributed by atoms with Crippen molar-refractivity contribution in [2.45, 2.75) is 31.9 Å². The molecule has 2 atom stereocenters. The lowest BCUT2D eigenvalue weighted by molar-refractivity contribution is 0.0815. The molecule has 0 saturated carbocycles. The molecule has 26 heavy (non-hydrogen) atoms. The highest BCUT2D eigenvalue weighted by atomic mass is 127. The Labute approximate surface area is 166 Å². The Balaban J connectivity index is 1.81. The zero-order valence-electron chi connectivity index (χ0n) is 14.4. The van der Waals surface area contributed by atoms with Crippen LogP contribution in [-0.2, 0) is 15.9 Å². The minimum atomic E-state index is -0.705. The number of aliphatic hydroxyl groups excluding tert-OH is 1. The minimum Gasteiger partial charge on any atom is -0.391 e. The molecule has 0 radical (unpaired) electrons. The summed E-state index contributed by atoms with van der Waals surface area (Å²) in [6.07, 6.45) is 0.915. The third kappa shape index (κ3) is 4.46. The van der Waals surface area contributed by atoms with Crippen molar-refractivity contribution in [3.05, 3.63) is 59.2 Å². The van der Waals surface area contributed by atoms with E-state index in [4.69, 9.17) is 3.07 Å². The summed E-state index contributed by atoms with van der Waals surface area (Å²) in [5.41, 5.74) is 4.32. The predicted molar refractivity (Wildman–Crippen MR) is 107 cm³/mol. The molecule has 0 bridgehead atoms. The number of hydrogen-bond acceptors (Lipinski definition) is 5. The lowest BCUT2D eigenvalue weighted by atomic mass is 9.99. The highest BCUT2D eigenvalue weighted by Crippen LogP contribution is 2.30. The van der Waals surface area contributed by atoms with E-state index in [1.54, 1.807) is 36.0 Å². The van der Waals surface area contributed by atoms with Gasteiger partial charge in [0.25, 0.3) is 5.91 Å². The molecule has 2 aromatic carbocycles. The number of azo groups is 1. The highest BCUT2D eigenvalue weighted by molar-refractivity contribution is 14.1. The van der Waals surface area contributed by atoms with Gasteiger partial charge in [0.1, 0.15) is 23.0 Å². The van der Waals surface area contributed by atoms with Gasteiger partial charge in [-0.15, -0.1) is 0 Å². The number of nitrogens with one attached hydrogen (secondary N) is 1. The Morgan fingerprint density at radius 2 is 1.88 bits per heavy atom. The summed E-state index contributed by atoms with van der Waals surface area (Å²) in [5, 5.41) is 21.3. The molecule has 3 rings (SSSR count). The van der Waals surface area contributed by atoms with Crippen molar-refractivity contribution in [2.24, 2.45) is 10.2 Å². The zero-order chi connectivity index (χ0) is 18.5. The molecule has 0 aromatic heterocycles. The number of fused-ring (bicyclic) bond motifs is 2. The third-order valence-electron chi connectivity index (χ3n) is 4.40. The fraction of sp³-hybridized carbons (Fsp3) is 0.316. The summed E-state index contributed by atoms with van der Waals surface area (Å²) < 4.78 is 5.02. The maximum Gasteiger partial charge on any atom is 0.251 e. The van der Waals surface area contributed by atoms with E-state index in [0.717, 1.165) is 35.3 Å². The lowest BCUT2D eigenvalue weighted by Crippen LogP contribution is -2.44. The molecule has 0 saturated heterocycles. The van der Waals surface area contributed by atoms with Crippen molar-refractivity contribution in [2.75, 3.05) is 6.61 Å². The number of benzene rings is 2. The highest BCUT2D eigenvalue weighted by Gasteiger charge is 2.20. The summed E-state index contributed by atoms with van der Waals surface area (Å²) >= 11 is 1.75.